The minimum Gasteiger partial charge on any atom is -0.550 e. The average Bonchev–Trinajstić information content (AvgIpc) is 2.55. The fourth-order valence-corrected chi connectivity index (χ4v) is 2.69. The first kappa shape index (κ1) is 16.7. The molecule has 0 spiro atoms. The van der Waals surface area contributed by atoms with E-state index in [1.54, 1.807) is 30.3 Å². The number of nitrogens with one attached hydrogen (secondary N) is 2. The lowest BCUT2D eigenvalue weighted by Crippen LogP contribution is -2.49. The third kappa shape index (κ3) is 3.97. The van der Waals surface area contributed by atoms with Crippen molar-refractivity contribution in [1.29, 1.82) is 0 Å². The van der Waals surface area contributed by atoms with E-state index in [9.17, 15) is 19.5 Å². The van der Waals surface area contributed by atoms with E-state index < -0.39 is 29.6 Å². The van der Waals surface area contributed by atoms with Gasteiger partial charge in [0.1, 0.15) is 0 Å². The summed E-state index contributed by atoms with van der Waals surface area (Å²) in [5.41, 5.74) is 7.00. The van der Waals surface area contributed by atoms with Crippen LogP contribution < -0.4 is 16.0 Å². The molecule has 0 heterocycles. The van der Waals surface area contributed by atoms with E-state index >= 15 is 0 Å². The molecule has 122 valence electrons. The molecule has 0 saturated carbocycles. The third-order valence-electron chi connectivity index (χ3n) is 4.24. The van der Waals surface area contributed by atoms with Crippen molar-refractivity contribution in [3.05, 3.63) is 47.0 Å². The fraction of sp³-hybridized carbons (Fsp3) is 0.353. The van der Waals surface area contributed by atoms with Crippen molar-refractivity contribution in [3.63, 3.8) is 0 Å². The highest BCUT2D eigenvalue weighted by Crippen LogP contribution is 2.33. The maximum Gasteiger partial charge on any atom is 0.269 e. The molecule has 0 saturated heterocycles. The molecule has 0 radical (unpaired) electrons. The number of hydrogen-bond acceptors (Lipinski definition) is 4. The van der Waals surface area contributed by atoms with Gasteiger partial charge in [0.15, 0.2) is 0 Å². The summed E-state index contributed by atoms with van der Waals surface area (Å²) >= 11 is 0. The van der Waals surface area contributed by atoms with E-state index in [-0.39, 0.29) is 0 Å². The van der Waals surface area contributed by atoms with Gasteiger partial charge in [-0.25, -0.2) is 0 Å². The summed E-state index contributed by atoms with van der Waals surface area (Å²) in [4.78, 5) is 35.4. The first-order valence-corrected chi connectivity index (χ1v) is 7.41. The van der Waals surface area contributed by atoms with Crippen LogP contribution in [-0.2, 0) is 9.59 Å². The zero-order valence-corrected chi connectivity index (χ0v) is 13.1. The van der Waals surface area contributed by atoms with Crippen LogP contribution in [0.2, 0.25) is 0 Å². The smallest absolute Gasteiger partial charge is 0.269 e. The molecule has 6 heteroatoms. The van der Waals surface area contributed by atoms with Crippen LogP contribution in [0, 0.1) is 11.8 Å². The summed E-state index contributed by atoms with van der Waals surface area (Å²) in [6, 6.07) is 8.42. The van der Waals surface area contributed by atoms with E-state index in [0.717, 1.165) is 11.1 Å². The Morgan fingerprint density at radius 1 is 0.957 bits per heavy atom. The minimum atomic E-state index is -1.24. The lowest BCUT2D eigenvalue weighted by atomic mass is 9.76. The summed E-state index contributed by atoms with van der Waals surface area (Å²) < 4.78 is 0. The van der Waals surface area contributed by atoms with Gasteiger partial charge in [-0.05, 0) is 38.8 Å². The first-order chi connectivity index (χ1) is 10.9. The molecule has 1 aliphatic carbocycles. The van der Waals surface area contributed by atoms with Crippen LogP contribution in [0.4, 0.5) is 0 Å². The molecule has 0 bridgehead atoms. The molecule has 0 unspecified atom stereocenters. The highest BCUT2D eigenvalue weighted by Gasteiger charge is 2.33. The number of carboxylic acid groups (broad SMARTS) is 1. The van der Waals surface area contributed by atoms with Gasteiger partial charge in [0.05, 0.1) is 5.92 Å². The lowest BCUT2D eigenvalue weighted by Gasteiger charge is -2.32. The zero-order chi connectivity index (χ0) is 17.0. The maximum absolute atomic E-state index is 12.3. The zero-order valence-electron chi connectivity index (χ0n) is 13.1. The number of hydrogen-bond donors (Lipinski definition) is 2. The normalized spacial score (nSPS) is 20.8. The Balaban J connectivity index is 2.02. The van der Waals surface area contributed by atoms with E-state index in [0.29, 0.717) is 18.4 Å². The van der Waals surface area contributed by atoms with Gasteiger partial charge in [-0.2, -0.15) is 0 Å². The van der Waals surface area contributed by atoms with Crippen LogP contribution >= 0.6 is 0 Å². The van der Waals surface area contributed by atoms with Gasteiger partial charge in [-0.15, -0.1) is 0 Å². The predicted octanol–water partition coefficient (Wildman–Crippen LogP) is 0.560. The van der Waals surface area contributed by atoms with Crippen LogP contribution in [-0.4, -0.2) is 17.8 Å². The number of carbonyl (C=O) groups is 3. The Morgan fingerprint density at radius 2 is 1.52 bits per heavy atom. The maximum atomic E-state index is 12.3. The Hall–Kier alpha value is -2.63. The molecule has 2 amide bonds. The second kappa shape index (κ2) is 7.09. The van der Waals surface area contributed by atoms with Gasteiger partial charge in [0.2, 0.25) is 5.91 Å². The molecular formula is C17H19N2O4-. The SMILES string of the molecule is CC1=C(C)C[C@@H](C(=O)[O-])[C@@H](C(=O)NNC(=O)c2ccccc2)C1. The van der Waals surface area contributed by atoms with E-state index in [1.165, 1.54) is 0 Å². The predicted molar refractivity (Wildman–Crippen MR) is 81.6 cm³/mol. The van der Waals surface area contributed by atoms with Gasteiger partial charge < -0.3 is 9.90 Å². The highest BCUT2D eigenvalue weighted by atomic mass is 16.4. The quantitative estimate of drug-likeness (QED) is 0.629. The summed E-state index contributed by atoms with van der Waals surface area (Å²) in [6.07, 6.45) is 0.635. The van der Waals surface area contributed by atoms with Crippen molar-refractivity contribution < 1.29 is 19.5 Å². The number of allylic oxidation sites excluding steroid dienone is 2. The largest absolute Gasteiger partial charge is 0.550 e. The molecule has 0 aromatic heterocycles. The topological polar surface area (TPSA) is 98.3 Å². The summed E-state index contributed by atoms with van der Waals surface area (Å²) in [6.45, 7) is 3.74. The number of amides is 2. The van der Waals surface area contributed by atoms with Gasteiger partial charge >= 0.3 is 0 Å². The van der Waals surface area contributed by atoms with E-state index in [1.807, 2.05) is 13.8 Å². The first-order valence-electron chi connectivity index (χ1n) is 7.41. The van der Waals surface area contributed by atoms with Gasteiger partial charge in [0.25, 0.3) is 5.91 Å². The fourth-order valence-electron chi connectivity index (χ4n) is 2.69. The Bertz CT molecular complexity index is 652. The number of carbonyl (C=O) groups excluding carboxylic acids is 3. The molecule has 1 aromatic carbocycles. The number of carboxylic acids is 1. The van der Waals surface area contributed by atoms with Crippen molar-refractivity contribution in [2.75, 3.05) is 0 Å². The summed E-state index contributed by atoms with van der Waals surface area (Å²) in [5, 5.41) is 11.3. The number of rotatable bonds is 3. The van der Waals surface area contributed by atoms with Crippen molar-refractivity contribution in [1.82, 2.24) is 10.9 Å². The van der Waals surface area contributed by atoms with E-state index in [4.69, 9.17) is 0 Å². The van der Waals surface area contributed by atoms with Gasteiger partial charge in [-0.1, -0.05) is 29.3 Å². The van der Waals surface area contributed by atoms with Crippen LogP contribution in [0.15, 0.2) is 41.5 Å². The van der Waals surface area contributed by atoms with Gasteiger partial charge in [-0.3, -0.25) is 20.4 Å². The van der Waals surface area contributed by atoms with Crippen LogP contribution in [0.1, 0.15) is 37.0 Å². The Kier molecular flexibility index (Phi) is 5.16. The molecule has 2 N–H and O–H groups in total. The monoisotopic (exact) mass is 315 g/mol. The van der Waals surface area contributed by atoms with E-state index in [2.05, 4.69) is 10.9 Å². The molecule has 1 aliphatic rings. The molecule has 0 fully saturated rings. The molecule has 23 heavy (non-hydrogen) atoms. The van der Waals surface area contributed by atoms with Crippen molar-refractivity contribution in [3.8, 4) is 0 Å². The second-order valence-electron chi connectivity index (χ2n) is 5.81. The van der Waals surface area contributed by atoms with Crippen molar-refractivity contribution in [2.45, 2.75) is 26.7 Å². The number of benzene rings is 1. The van der Waals surface area contributed by atoms with Crippen LogP contribution in [0.5, 0.6) is 0 Å². The lowest BCUT2D eigenvalue weighted by molar-refractivity contribution is -0.313. The summed E-state index contributed by atoms with van der Waals surface area (Å²) in [5.74, 6) is -3.85. The average molecular weight is 315 g/mol. The van der Waals surface area contributed by atoms with Crippen molar-refractivity contribution >= 4 is 17.8 Å². The number of aliphatic carboxylic acids is 1. The van der Waals surface area contributed by atoms with Crippen LogP contribution in [0.3, 0.4) is 0 Å². The Morgan fingerprint density at radius 3 is 2.09 bits per heavy atom. The van der Waals surface area contributed by atoms with Crippen LogP contribution in [0.25, 0.3) is 0 Å². The molecule has 2 rings (SSSR count). The second-order valence-corrected chi connectivity index (χ2v) is 5.81. The van der Waals surface area contributed by atoms with Crippen molar-refractivity contribution in [2.24, 2.45) is 11.8 Å². The molecule has 6 nitrogen and oxygen atoms in total. The number of hydrazine groups is 1. The van der Waals surface area contributed by atoms with Gasteiger partial charge in [0, 0.05) is 17.5 Å². The molecular weight excluding hydrogens is 296 g/mol. The molecule has 1 aromatic rings. The highest BCUT2D eigenvalue weighted by molar-refractivity contribution is 5.95. The summed E-state index contributed by atoms with van der Waals surface area (Å²) in [7, 11) is 0. The molecule has 0 aliphatic heterocycles. The molecule has 2 atom stereocenters. The third-order valence-corrected chi connectivity index (χ3v) is 4.24. The Labute approximate surface area is 134 Å². The minimum absolute atomic E-state index is 0.291. The standard InChI is InChI=1S/C17H20N2O4/c1-10-8-13(14(17(22)23)9-11(10)2)16(21)19-18-15(20)12-6-4-3-5-7-12/h3-7,13-14H,8-9H2,1-2H3,(H,18,20)(H,19,21)(H,22,23)/p-1/t13-,14+/m0/s1.